The maximum absolute atomic E-state index is 12.0. The zero-order chi connectivity index (χ0) is 13.1. The molecule has 1 fully saturated rings. The lowest BCUT2D eigenvalue weighted by Gasteiger charge is -2.14. The number of nitrogens with zero attached hydrogens (tertiary/aromatic N) is 1. The second kappa shape index (κ2) is 5.64. The molecule has 2 rings (SSSR count). The Balaban J connectivity index is 2.11. The predicted octanol–water partition coefficient (Wildman–Crippen LogP) is 1.09. The smallest absolute Gasteiger partial charge is 0.266 e. The Bertz CT molecular complexity index is 522. The molecule has 0 unspecified atom stereocenters. The average molecular weight is 298 g/mol. The van der Waals surface area contributed by atoms with E-state index in [-0.39, 0.29) is 18.9 Å². The number of hydrogen-bond donors (Lipinski definition) is 0. The molecule has 0 spiro atoms. The second-order valence-corrected chi connectivity index (χ2v) is 6.13. The van der Waals surface area contributed by atoms with Gasteiger partial charge in [0, 0.05) is 23.8 Å². The third-order valence-electron chi connectivity index (χ3n) is 2.23. The van der Waals surface area contributed by atoms with Crippen LogP contribution in [-0.2, 0) is 9.59 Å². The molecule has 0 aliphatic carbocycles. The Hall–Kier alpha value is -1.18. The van der Waals surface area contributed by atoms with E-state index >= 15 is 0 Å². The number of aliphatic carboxylic acids is 1. The number of rotatable bonds is 4. The van der Waals surface area contributed by atoms with Gasteiger partial charge in [0.25, 0.3) is 5.91 Å². The van der Waals surface area contributed by atoms with Crippen molar-refractivity contribution in [1.82, 2.24) is 4.90 Å². The van der Waals surface area contributed by atoms with Crippen molar-refractivity contribution in [2.24, 2.45) is 0 Å². The molecular weight excluding hydrogens is 290 g/mol. The molecule has 7 heteroatoms. The fourth-order valence-corrected chi connectivity index (χ4v) is 3.43. The SMILES string of the molecule is O=C([O-])CCN1C(=O)/C(=C\c2cccs2)SC1=S. The van der Waals surface area contributed by atoms with Gasteiger partial charge in [-0.2, -0.15) is 0 Å². The maximum atomic E-state index is 12.0. The number of hydrogen-bond acceptors (Lipinski definition) is 6. The van der Waals surface area contributed by atoms with Crippen LogP contribution in [0.25, 0.3) is 6.08 Å². The van der Waals surface area contributed by atoms with E-state index in [1.165, 1.54) is 28.0 Å². The zero-order valence-electron chi connectivity index (χ0n) is 9.12. The highest BCUT2D eigenvalue weighted by Gasteiger charge is 2.31. The van der Waals surface area contributed by atoms with E-state index in [2.05, 4.69) is 0 Å². The standard InChI is InChI=1S/C11H9NO3S3/c13-9(14)3-4-12-10(15)8(18-11(12)16)6-7-2-1-5-17-7/h1-2,5-6H,3-4H2,(H,13,14)/p-1/b8-6+. The van der Waals surface area contributed by atoms with Crippen LogP contribution in [-0.4, -0.2) is 27.6 Å². The molecule has 4 nitrogen and oxygen atoms in total. The molecule has 0 N–H and O–H groups in total. The average Bonchev–Trinajstić information content (AvgIpc) is 2.88. The normalized spacial score (nSPS) is 17.8. The molecule has 1 aliphatic heterocycles. The molecular formula is C11H8NO3S3-. The number of carbonyl (C=O) groups excluding carboxylic acids is 2. The predicted molar refractivity (Wildman–Crippen MR) is 73.8 cm³/mol. The molecule has 1 aromatic heterocycles. The Labute approximate surface area is 117 Å². The van der Waals surface area contributed by atoms with Crippen molar-refractivity contribution in [2.45, 2.75) is 6.42 Å². The van der Waals surface area contributed by atoms with E-state index in [0.29, 0.717) is 9.23 Å². The molecule has 1 amide bonds. The largest absolute Gasteiger partial charge is 0.550 e. The first-order valence-corrected chi connectivity index (χ1v) is 7.17. The number of thioether (sulfide) groups is 1. The molecule has 0 radical (unpaired) electrons. The van der Waals surface area contributed by atoms with Gasteiger partial charge >= 0.3 is 0 Å². The molecule has 1 aromatic rings. The highest BCUT2D eigenvalue weighted by Crippen LogP contribution is 2.33. The number of carbonyl (C=O) groups is 2. The van der Waals surface area contributed by atoms with Gasteiger partial charge in [0.1, 0.15) is 4.32 Å². The van der Waals surface area contributed by atoms with Gasteiger partial charge in [-0.25, -0.2) is 0 Å². The summed E-state index contributed by atoms with van der Waals surface area (Å²) in [6, 6.07) is 3.80. The minimum atomic E-state index is -1.19. The van der Waals surface area contributed by atoms with Crippen LogP contribution in [0.1, 0.15) is 11.3 Å². The number of carboxylic acid groups (broad SMARTS) is 1. The van der Waals surface area contributed by atoms with Crippen molar-refractivity contribution in [3.8, 4) is 0 Å². The molecule has 0 bridgehead atoms. The molecule has 18 heavy (non-hydrogen) atoms. The van der Waals surface area contributed by atoms with Gasteiger partial charge in [-0.15, -0.1) is 11.3 Å². The Morgan fingerprint density at radius 3 is 2.94 bits per heavy atom. The fraction of sp³-hybridized carbons (Fsp3) is 0.182. The molecule has 0 atom stereocenters. The lowest BCUT2D eigenvalue weighted by molar-refractivity contribution is -0.305. The highest BCUT2D eigenvalue weighted by molar-refractivity contribution is 8.26. The molecule has 0 saturated carbocycles. The Kier molecular flexibility index (Phi) is 4.15. The van der Waals surface area contributed by atoms with E-state index in [9.17, 15) is 14.7 Å². The lowest BCUT2D eigenvalue weighted by Crippen LogP contribution is -2.33. The van der Waals surface area contributed by atoms with Gasteiger partial charge in [-0.05, 0) is 17.5 Å². The van der Waals surface area contributed by atoms with Gasteiger partial charge in [0.2, 0.25) is 0 Å². The quantitative estimate of drug-likeness (QED) is 0.615. The number of thiocarbonyl (C=S) groups is 1. The molecule has 1 saturated heterocycles. The van der Waals surface area contributed by atoms with Gasteiger partial charge in [0.15, 0.2) is 0 Å². The summed E-state index contributed by atoms with van der Waals surface area (Å²) in [5.41, 5.74) is 0. The lowest BCUT2D eigenvalue weighted by atomic mass is 10.3. The molecule has 94 valence electrons. The van der Waals surface area contributed by atoms with Crippen molar-refractivity contribution in [3.63, 3.8) is 0 Å². The van der Waals surface area contributed by atoms with Crippen molar-refractivity contribution in [2.75, 3.05) is 6.54 Å². The first kappa shape index (κ1) is 13.3. The van der Waals surface area contributed by atoms with Crippen molar-refractivity contribution < 1.29 is 14.7 Å². The van der Waals surface area contributed by atoms with Gasteiger partial charge in [-0.1, -0.05) is 30.0 Å². The van der Waals surface area contributed by atoms with Crippen LogP contribution in [0.4, 0.5) is 0 Å². The summed E-state index contributed by atoms with van der Waals surface area (Å²) >= 11 is 7.78. The van der Waals surface area contributed by atoms with Crippen LogP contribution < -0.4 is 5.11 Å². The molecule has 2 heterocycles. The van der Waals surface area contributed by atoms with Gasteiger partial charge in [-0.3, -0.25) is 9.69 Å². The number of amides is 1. The summed E-state index contributed by atoms with van der Waals surface area (Å²) in [6.45, 7) is 0.0643. The maximum Gasteiger partial charge on any atom is 0.266 e. The first-order valence-electron chi connectivity index (χ1n) is 5.06. The third kappa shape index (κ3) is 2.98. The van der Waals surface area contributed by atoms with E-state index < -0.39 is 5.97 Å². The van der Waals surface area contributed by atoms with E-state index in [1.54, 1.807) is 6.08 Å². The van der Waals surface area contributed by atoms with Crippen molar-refractivity contribution in [3.05, 3.63) is 27.3 Å². The zero-order valence-corrected chi connectivity index (χ0v) is 11.6. The number of carboxylic acids is 1. The summed E-state index contributed by atoms with van der Waals surface area (Å²) in [7, 11) is 0. The number of thiophene rings is 1. The fourth-order valence-electron chi connectivity index (χ4n) is 1.40. The highest BCUT2D eigenvalue weighted by atomic mass is 32.2. The summed E-state index contributed by atoms with van der Waals surface area (Å²) in [6.07, 6.45) is 1.56. The van der Waals surface area contributed by atoms with Crippen LogP contribution >= 0.6 is 35.3 Å². The minimum absolute atomic E-state index is 0.0643. The van der Waals surface area contributed by atoms with Gasteiger partial charge < -0.3 is 9.90 Å². The Morgan fingerprint density at radius 1 is 1.56 bits per heavy atom. The van der Waals surface area contributed by atoms with E-state index in [0.717, 1.165) is 4.88 Å². The van der Waals surface area contributed by atoms with Gasteiger partial charge in [0.05, 0.1) is 4.91 Å². The topological polar surface area (TPSA) is 60.4 Å². The van der Waals surface area contributed by atoms with Crippen LogP contribution in [0.2, 0.25) is 0 Å². The summed E-state index contributed by atoms with van der Waals surface area (Å²) in [5, 5.41) is 12.3. The minimum Gasteiger partial charge on any atom is -0.550 e. The molecule has 1 aliphatic rings. The van der Waals surface area contributed by atoms with E-state index in [4.69, 9.17) is 12.2 Å². The molecule has 0 aromatic carbocycles. The van der Waals surface area contributed by atoms with Crippen molar-refractivity contribution in [1.29, 1.82) is 0 Å². The van der Waals surface area contributed by atoms with Crippen LogP contribution in [0.5, 0.6) is 0 Å². The first-order chi connectivity index (χ1) is 8.58. The van der Waals surface area contributed by atoms with Crippen LogP contribution in [0, 0.1) is 0 Å². The second-order valence-electron chi connectivity index (χ2n) is 3.47. The summed E-state index contributed by atoms with van der Waals surface area (Å²) in [5.74, 6) is -1.43. The Morgan fingerprint density at radius 2 is 2.33 bits per heavy atom. The van der Waals surface area contributed by atoms with Crippen molar-refractivity contribution >= 4 is 57.6 Å². The third-order valence-corrected chi connectivity index (χ3v) is 4.43. The van der Waals surface area contributed by atoms with Crippen LogP contribution in [0.15, 0.2) is 22.4 Å². The summed E-state index contributed by atoms with van der Waals surface area (Å²) in [4.78, 5) is 25.2. The monoisotopic (exact) mass is 298 g/mol. The van der Waals surface area contributed by atoms with E-state index in [1.807, 2.05) is 17.5 Å². The summed E-state index contributed by atoms with van der Waals surface area (Å²) < 4.78 is 0.393. The van der Waals surface area contributed by atoms with Crippen LogP contribution in [0.3, 0.4) is 0 Å².